The Kier molecular flexibility index (Phi) is 6.47. The summed E-state index contributed by atoms with van der Waals surface area (Å²) in [5, 5.41) is 11.1. The van der Waals surface area contributed by atoms with Crippen LogP contribution in [-0.4, -0.2) is 34.4 Å². The van der Waals surface area contributed by atoms with Gasteiger partial charge in [-0.2, -0.15) is 0 Å². The van der Waals surface area contributed by atoms with E-state index in [1.54, 1.807) is 18.2 Å². The molecular weight excluding hydrogens is 332 g/mol. The van der Waals surface area contributed by atoms with E-state index in [1.165, 1.54) is 44.6 Å². The summed E-state index contributed by atoms with van der Waals surface area (Å²) in [4.78, 5) is 25.8. The summed E-state index contributed by atoms with van der Waals surface area (Å²) in [6.07, 6.45) is 11.4. The second-order valence-electron chi connectivity index (χ2n) is 7.40. The number of hydrogen-bond acceptors (Lipinski definition) is 4. The fraction of sp³-hybridized carbons (Fsp3) is 0.650. The maximum atomic E-state index is 13.0. The van der Waals surface area contributed by atoms with Gasteiger partial charge in [0.2, 0.25) is 0 Å². The van der Waals surface area contributed by atoms with Crippen molar-refractivity contribution >= 4 is 11.6 Å². The Morgan fingerprint density at radius 3 is 2.08 bits per heavy atom. The van der Waals surface area contributed by atoms with Crippen molar-refractivity contribution in [3.05, 3.63) is 34.4 Å². The number of amides is 1. The van der Waals surface area contributed by atoms with Crippen LogP contribution >= 0.6 is 0 Å². The van der Waals surface area contributed by atoms with E-state index in [9.17, 15) is 14.9 Å². The van der Waals surface area contributed by atoms with Crippen molar-refractivity contribution in [1.29, 1.82) is 0 Å². The molecule has 0 radical (unpaired) electrons. The standard InChI is InChI=1S/C20H28N2O4/c23-20(15-26-19-14-8-7-13-18(19)22(24)25)21(16-9-3-1-4-10-16)17-11-5-2-6-12-17/h7-8,13-14,16-17H,1-6,9-12,15H2. The first-order valence-corrected chi connectivity index (χ1v) is 9.84. The van der Waals surface area contributed by atoms with Gasteiger partial charge in [0.25, 0.3) is 5.91 Å². The number of carbonyl (C=O) groups is 1. The molecule has 0 saturated heterocycles. The van der Waals surface area contributed by atoms with Gasteiger partial charge >= 0.3 is 5.69 Å². The average Bonchev–Trinajstić information content (AvgIpc) is 2.68. The molecule has 2 fully saturated rings. The predicted octanol–water partition coefficient (Wildman–Crippen LogP) is 4.47. The van der Waals surface area contributed by atoms with E-state index < -0.39 is 4.92 Å². The summed E-state index contributed by atoms with van der Waals surface area (Å²) >= 11 is 0. The molecule has 1 amide bonds. The molecule has 0 bridgehead atoms. The van der Waals surface area contributed by atoms with Gasteiger partial charge in [-0.1, -0.05) is 50.7 Å². The molecule has 0 aliphatic heterocycles. The minimum atomic E-state index is -0.472. The third-order valence-corrected chi connectivity index (χ3v) is 5.64. The van der Waals surface area contributed by atoms with E-state index in [2.05, 4.69) is 4.90 Å². The molecule has 3 rings (SSSR count). The van der Waals surface area contributed by atoms with Crippen LogP contribution in [0.2, 0.25) is 0 Å². The monoisotopic (exact) mass is 360 g/mol. The van der Waals surface area contributed by atoms with E-state index in [1.807, 2.05) is 0 Å². The van der Waals surface area contributed by atoms with Gasteiger partial charge < -0.3 is 9.64 Å². The fourth-order valence-corrected chi connectivity index (χ4v) is 4.37. The maximum absolute atomic E-state index is 13.0. The predicted molar refractivity (Wildman–Crippen MR) is 99.2 cm³/mol. The van der Waals surface area contributed by atoms with Crippen LogP contribution in [0.1, 0.15) is 64.2 Å². The number of ether oxygens (including phenoxy) is 1. The largest absolute Gasteiger partial charge is 0.477 e. The lowest BCUT2D eigenvalue weighted by Gasteiger charge is -2.41. The molecule has 26 heavy (non-hydrogen) atoms. The van der Waals surface area contributed by atoms with E-state index in [0.29, 0.717) is 12.1 Å². The first kappa shape index (κ1) is 18.7. The van der Waals surface area contributed by atoms with Crippen molar-refractivity contribution in [2.24, 2.45) is 0 Å². The van der Waals surface area contributed by atoms with Crippen LogP contribution in [0.4, 0.5) is 5.69 Å². The molecule has 0 atom stereocenters. The first-order valence-electron chi connectivity index (χ1n) is 9.84. The molecule has 6 nitrogen and oxygen atoms in total. The van der Waals surface area contributed by atoms with Crippen LogP contribution in [0.15, 0.2) is 24.3 Å². The highest BCUT2D eigenvalue weighted by Crippen LogP contribution is 2.31. The molecule has 6 heteroatoms. The maximum Gasteiger partial charge on any atom is 0.310 e. The van der Waals surface area contributed by atoms with Crippen molar-refractivity contribution < 1.29 is 14.5 Å². The van der Waals surface area contributed by atoms with Crippen LogP contribution in [0.25, 0.3) is 0 Å². The molecule has 1 aromatic carbocycles. The molecule has 0 N–H and O–H groups in total. The van der Waals surface area contributed by atoms with Gasteiger partial charge in [-0.3, -0.25) is 14.9 Å². The minimum Gasteiger partial charge on any atom is -0.477 e. The smallest absolute Gasteiger partial charge is 0.310 e. The van der Waals surface area contributed by atoms with E-state index in [-0.39, 0.29) is 24.0 Å². The Balaban J connectivity index is 1.69. The Morgan fingerprint density at radius 1 is 1.00 bits per heavy atom. The van der Waals surface area contributed by atoms with E-state index >= 15 is 0 Å². The second kappa shape index (κ2) is 9.01. The number of benzene rings is 1. The van der Waals surface area contributed by atoms with Crippen LogP contribution in [-0.2, 0) is 4.79 Å². The molecule has 2 saturated carbocycles. The van der Waals surface area contributed by atoms with Gasteiger partial charge in [-0.15, -0.1) is 0 Å². The molecular formula is C20H28N2O4. The Hall–Kier alpha value is -2.11. The van der Waals surface area contributed by atoms with Gasteiger partial charge in [0.1, 0.15) is 0 Å². The molecule has 0 spiro atoms. The van der Waals surface area contributed by atoms with Crippen LogP contribution in [0.3, 0.4) is 0 Å². The Bertz CT molecular complexity index is 604. The second-order valence-corrected chi connectivity index (χ2v) is 7.40. The van der Waals surface area contributed by atoms with Crippen molar-refractivity contribution in [2.75, 3.05) is 6.61 Å². The van der Waals surface area contributed by atoms with Crippen LogP contribution < -0.4 is 4.74 Å². The zero-order valence-electron chi connectivity index (χ0n) is 15.3. The number of carbonyl (C=O) groups excluding carboxylic acids is 1. The lowest BCUT2D eigenvalue weighted by atomic mass is 9.88. The lowest BCUT2D eigenvalue weighted by molar-refractivity contribution is -0.385. The highest BCUT2D eigenvalue weighted by Gasteiger charge is 2.32. The van der Waals surface area contributed by atoms with Crippen molar-refractivity contribution in [2.45, 2.75) is 76.3 Å². The first-order chi connectivity index (χ1) is 12.7. The molecule has 0 aromatic heterocycles. The fourth-order valence-electron chi connectivity index (χ4n) is 4.37. The summed E-state index contributed by atoms with van der Waals surface area (Å²) in [6, 6.07) is 6.84. The summed E-state index contributed by atoms with van der Waals surface area (Å²) < 4.78 is 5.59. The number of rotatable bonds is 6. The average molecular weight is 360 g/mol. The van der Waals surface area contributed by atoms with Crippen molar-refractivity contribution in [3.63, 3.8) is 0 Å². The molecule has 0 heterocycles. The van der Waals surface area contributed by atoms with Gasteiger partial charge in [-0.25, -0.2) is 0 Å². The normalized spacial score (nSPS) is 19.1. The van der Waals surface area contributed by atoms with E-state index in [0.717, 1.165) is 25.7 Å². The zero-order valence-corrected chi connectivity index (χ0v) is 15.3. The van der Waals surface area contributed by atoms with Gasteiger partial charge in [0.15, 0.2) is 12.4 Å². The molecule has 1 aromatic rings. The number of nitrogens with zero attached hydrogens (tertiary/aromatic N) is 2. The summed E-state index contributed by atoms with van der Waals surface area (Å²) in [6.45, 7) is -0.127. The minimum absolute atomic E-state index is 0.0260. The van der Waals surface area contributed by atoms with Crippen LogP contribution in [0, 0.1) is 10.1 Å². The number of nitro benzene ring substituents is 1. The highest BCUT2D eigenvalue weighted by atomic mass is 16.6. The molecule has 2 aliphatic carbocycles. The topological polar surface area (TPSA) is 72.7 Å². The SMILES string of the molecule is O=C(COc1ccccc1[N+](=O)[O-])N(C1CCCCC1)C1CCCCC1. The summed E-state index contributed by atoms with van der Waals surface area (Å²) in [7, 11) is 0. The van der Waals surface area contributed by atoms with Gasteiger partial charge in [0, 0.05) is 18.2 Å². The molecule has 2 aliphatic rings. The Labute approximate surface area is 154 Å². The van der Waals surface area contributed by atoms with Crippen LogP contribution in [0.5, 0.6) is 5.75 Å². The van der Waals surface area contributed by atoms with E-state index in [4.69, 9.17) is 4.74 Å². The molecule has 0 unspecified atom stereocenters. The molecule has 142 valence electrons. The summed E-state index contributed by atoms with van der Waals surface area (Å²) in [5.41, 5.74) is -0.0952. The number of nitro groups is 1. The van der Waals surface area contributed by atoms with Gasteiger partial charge in [0.05, 0.1) is 4.92 Å². The van der Waals surface area contributed by atoms with Crippen molar-refractivity contribution in [3.8, 4) is 5.75 Å². The quantitative estimate of drug-likeness (QED) is 0.554. The summed E-state index contributed by atoms with van der Waals surface area (Å²) in [5.74, 6) is 0.139. The number of para-hydroxylation sites is 2. The Morgan fingerprint density at radius 2 is 1.54 bits per heavy atom. The van der Waals surface area contributed by atoms with Gasteiger partial charge in [-0.05, 0) is 31.7 Å². The third-order valence-electron chi connectivity index (χ3n) is 5.64. The van der Waals surface area contributed by atoms with Crippen molar-refractivity contribution in [1.82, 2.24) is 4.90 Å². The lowest BCUT2D eigenvalue weighted by Crippen LogP contribution is -2.50. The number of hydrogen-bond donors (Lipinski definition) is 0. The zero-order chi connectivity index (χ0) is 18.4. The highest BCUT2D eigenvalue weighted by molar-refractivity contribution is 5.78. The third kappa shape index (κ3) is 4.54.